The van der Waals surface area contributed by atoms with Crippen molar-refractivity contribution in [2.24, 2.45) is 0 Å². The zero-order valence-electron chi connectivity index (χ0n) is 41.1. The van der Waals surface area contributed by atoms with E-state index in [1.807, 2.05) is 0 Å². The summed E-state index contributed by atoms with van der Waals surface area (Å²) < 4.78 is 5.26. The molecule has 0 unspecified atom stereocenters. The lowest BCUT2D eigenvalue weighted by molar-refractivity contribution is 0.590. The third kappa shape index (κ3) is 6.19. The van der Waals surface area contributed by atoms with Crippen molar-refractivity contribution in [2.75, 3.05) is 0 Å². The van der Waals surface area contributed by atoms with Gasteiger partial charge in [0.1, 0.15) is 0 Å². The number of rotatable bonds is 3. The zero-order valence-corrected chi connectivity index (χ0v) is 41.1. The number of benzene rings is 7. The first-order chi connectivity index (χ1) is 31.8. The lowest BCUT2D eigenvalue weighted by Gasteiger charge is -2.35. The maximum atomic E-state index is 5.49. The molecule has 2 aliphatic rings. The molecule has 67 heavy (non-hydrogen) atoms. The van der Waals surface area contributed by atoms with E-state index in [-0.39, 0.29) is 28.4 Å². The average Bonchev–Trinajstić information content (AvgIpc) is 3.82. The quantitative estimate of drug-likeness (QED) is 0.166. The van der Waals surface area contributed by atoms with Crippen molar-refractivity contribution in [2.45, 2.75) is 105 Å². The molecule has 12 rings (SSSR count). The van der Waals surface area contributed by atoms with E-state index in [0.717, 1.165) is 28.1 Å². The van der Waals surface area contributed by atoms with Crippen molar-refractivity contribution in [1.29, 1.82) is 0 Å². The SMILES string of the molecule is CC(C)(C)c1ccc2c(c1)c1c(C(C)(C)C)ccc3c1n2-c1cc(-c2cc(-c4ccccc4)nc(-c4ccccc4)n2)cc2c1B3c1ccc(C(C)(C)C)c3c4cc(C(C)(C)C)ccc4n-2c13. The highest BCUT2D eigenvalue weighted by Gasteiger charge is 2.43. The van der Waals surface area contributed by atoms with E-state index in [4.69, 9.17) is 9.97 Å². The van der Waals surface area contributed by atoms with Gasteiger partial charge in [-0.1, -0.05) is 180 Å². The van der Waals surface area contributed by atoms with Crippen LogP contribution in [-0.2, 0) is 21.7 Å². The summed E-state index contributed by atoms with van der Waals surface area (Å²) in [4.78, 5) is 10.7. The van der Waals surface area contributed by atoms with Crippen molar-refractivity contribution in [1.82, 2.24) is 19.1 Å². The summed E-state index contributed by atoms with van der Waals surface area (Å²) in [6.45, 7) is 28.2. The fourth-order valence-corrected chi connectivity index (χ4v) is 11.5. The first kappa shape index (κ1) is 41.7. The molecule has 0 spiro atoms. The molecule has 330 valence electrons. The second-order valence-corrected chi connectivity index (χ2v) is 23.5. The van der Waals surface area contributed by atoms with Crippen LogP contribution in [0, 0.1) is 0 Å². The van der Waals surface area contributed by atoms with E-state index in [0.29, 0.717) is 5.82 Å². The molecule has 5 heterocycles. The first-order valence-electron chi connectivity index (χ1n) is 24.2. The molecule has 0 saturated heterocycles. The van der Waals surface area contributed by atoms with Gasteiger partial charge in [-0.2, -0.15) is 0 Å². The predicted octanol–water partition coefficient (Wildman–Crippen LogP) is 14.0. The normalized spacial score (nSPS) is 13.6. The Balaban J connectivity index is 1.28. The van der Waals surface area contributed by atoms with Gasteiger partial charge in [-0.25, -0.2) is 9.97 Å². The number of hydrogen-bond donors (Lipinski definition) is 0. The summed E-state index contributed by atoms with van der Waals surface area (Å²) in [5, 5.41) is 5.37. The summed E-state index contributed by atoms with van der Waals surface area (Å²) in [6.07, 6.45) is 0. The molecule has 4 nitrogen and oxygen atoms in total. The number of hydrogen-bond acceptors (Lipinski definition) is 2. The molecule has 0 bridgehead atoms. The summed E-state index contributed by atoms with van der Waals surface area (Å²) in [5.74, 6) is 0.716. The van der Waals surface area contributed by atoms with Crippen molar-refractivity contribution in [3.8, 4) is 45.3 Å². The highest BCUT2D eigenvalue weighted by atomic mass is 15.0. The van der Waals surface area contributed by atoms with Crippen LogP contribution in [-0.4, -0.2) is 25.8 Å². The maximum Gasteiger partial charge on any atom is 0.252 e. The summed E-state index contributed by atoms with van der Waals surface area (Å²) >= 11 is 0. The van der Waals surface area contributed by atoms with Crippen LogP contribution in [0.2, 0.25) is 0 Å². The van der Waals surface area contributed by atoms with Gasteiger partial charge in [0.05, 0.1) is 22.4 Å². The number of fused-ring (bicyclic) bond motifs is 10. The van der Waals surface area contributed by atoms with Crippen LogP contribution in [0.4, 0.5) is 0 Å². The molecule has 10 aromatic rings. The van der Waals surface area contributed by atoms with Crippen LogP contribution >= 0.6 is 0 Å². The van der Waals surface area contributed by atoms with Crippen LogP contribution in [0.3, 0.4) is 0 Å². The van der Waals surface area contributed by atoms with Gasteiger partial charge in [-0.05, 0) is 103 Å². The number of aromatic nitrogens is 4. The minimum atomic E-state index is -0.0866. The highest BCUT2D eigenvalue weighted by Crippen LogP contribution is 2.46. The Morgan fingerprint density at radius 3 is 1.27 bits per heavy atom. The molecular formula is C62H59BN4. The van der Waals surface area contributed by atoms with Gasteiger partial charge < -0.3 is 9.13 Å². The van der Waals surface area contributed by atoms with Gasteiger partial charge in [0.2, 0.25) is 0 Å². The largest absolute Gasteiger partial charge is 0.310 e. The highest BCUT2D eigenvalue weighted by molar-refractivity contribution is 7.00. The summed E-state index contributed by atoms with van der Waals surface area (Å²) in [6, 6.07) is 52.5. The molecule has 2 aliphatic heterocycles. The van der Waals surface area contributed by atoms with E-state index in [1.54, 1.807) is 0 Å². The van der Waals surface area contributed by atoms with E-state index in [2.05, 4.69) is 232 Å². The Labute approximate surface area is 395 Å². The second kappa shape index (κ2) is 13.9. The Kier molecular flexibility index (Phi) is 8.66. The Bertz CT molecular complexity index is 3470. The molecule has 3 aromatic heterocycles. The maximum absolute atomic E-state index is 5.49. The van der Waals surface area contributed by atoms with Gasteiger partial charge in [0, 0.05) is 60.6 Å². The van der Waals surface area contributed by atoms with Gasteiger partial charge >= 0.3 is 0 Å². The molecule has 7 aromatic carbocycles. The molecule has 0 fully saturated rings. The van der Waals surface area contributed by atoms with Crippen LogP contribution in [0.15, 0.2) is 140 Å². The Morgan fingerprint density at radius 2 is 0.836 bits per heavy atom. The molecule has 0 atom stereocenters. The van der Waals surface area contributed by atoms with Crippen molar-refractivity contribution in [3.63, 3.8) is 0 Å². The molecule has 0 saturated carbocycles. The van der Waals surface area contributed by atoms with Gasteiger partial charge in [0.15, 0.2) is 5.82 Å². The average molecular weight is 871 g/mol. The Hall–Kier alpha value is -6.72. The lowest BCUT2D eigenvalue weighted by atomic mass is 9.34. The fraction of sp³-hybridized carbons (Fsp3) is 0.258. The smallest absolute Gasteiger partial charge is 0.252 e. The third-order valence-corrected chi connectivity index (χ3v) is 14.9. The van der Waals surface area contributed by atoms with E-state index in [1.165, 1.54) is 93.6 Å². The van der Waals surface area contributed by atoms with Crippen LogP contribution < -0.4 is 16.4 Å². The molecule has 0 amide bonds. The first-order valence-corrected chi connectivity index (χ1v) is 24.2. The number of nitrogens with zero attached hydrogens (tertiary/aromatic N) is 4. The minimum Gasteiger partial charge on any atom is -0.310 e. The van der Waals surface area contributed by atoms with Gasteiger partial charge in [0.25, 0.3) is 6.71 Å². The van der Waals surface area contributed by atoms with Gasteiger partial charge in [-0.3, -0.25) is 0 Å². The van der Waals surface area contributed by atoms with Gasteiger partial charge in [-0.15, -0.1) is 0 Å². The van der Waals surface area contributed by atoms with E-state index < -0.39 is 0 Å². The van der Waals surface area contributed by atoms with Crippen molar-refractivity contribution in [3.05, 3.63) is 162 Å². The predicted molar refractivity (Wildman–Crippen MR) is 286 cm³/mol. The van der Waals surface area contributed by atoms with E-state index >= 15 is 0 Å². The van der Waals surface area contributed by atoms with E-state index in [9.17, 15) is 0 Å². The lowest BCUT2D eigenvalue weighted by Crippen LogP contribution is -2.59. The van der Waals surface area contributed by atoms with Crippen molar-refractivity contribution >= 4 is 66.7 Å². The van der Waals surface area contributed by atoms with Crippen LogP contribution in [0.5, 0.6) is 0 Å². The zero-order chi connectivity index (χ0) is 46.7. The minimum absolute atomic E-state index is 0.00930. The second-order valence-electron chi connectivity index (χ2n) is 23.5. The summed E-state index contributed by atoms with van der Waals surface area (Å²) in [7, 11) is 0. The third-order valence-electron chi connectivity index (χ3n) is 14.9. The van der Waals surface area contributed by atoms with Crippen LogP contribution in [0.1, 0.15) is 105 Å². The molecule has 0 radical (unpaired) electrons. The molecular weight excluding hydrogens is 812 g/mol. The van der Waals surface area contributed by atoms with Crippen molar-refractivity contribution < 1.29 is 0 Å². The standard InChI is InChI=1S/C62H59BN4/c1-59(2,3)39-23-29-49-41(33-39)53-43(61(7,8)9)25-27-45-56(53)66(49)51-31-38(48-35-47(36-19-15-13-16-20-36)64-58(65-48)37-21-17-14-18-22-37)32-52-55(51)63(45)46-28-26-44(62(10,11)12)54-42-34-40(60(4,5)6)24-30-50(42)67(52)57(46)54/h13-35H,1-12H3. The Morgan fingerprint density at radius 1 is 0.403 bits per heavy atom. The van der Waals surface area contributed by atoms with Crippen LogP contribution in [0.25, 0.3) is 88.9 Å². The molecule has 0 aliphatic carbocycles. The fourth-order valence-electron chi connectivity index (χ4n) is 11.5. The summed E-state index contributed by atoms with van der Waals surface area (Å²) in [5.41, 5.74) is 21.8. The molecule has 5 heteroatoms. The molecule has 0 N–H and O–H groups in total. The topological polar surface area (TPSA) is 35.6 Å². The monoisotopic (exact) mass is 870 g/mol.